The topological polar surface area (TPSA) is 42.0 Å². The average Bonchev–Trinajstić information content (AvgIpc) is 2.53. The number of rotatable bonds is 3. The van der Waals surface area contributed by atoms with Crippen LogP contribution in [0.15, 0.2) is 36.5 Å². The smallest absolute Gasteiger partial charge is 0.349 e. The molecule has 1 aromatic heterocycles. The zero-order chi connectivity index (χ0) is 18.2. The van der Waals surface area contributed by atoms with Crippen LogP contribution in [-0.4, -0.2) is 16.9 Å². The molecule has 1 amide bonds. The quantitative estimate of drug-likeness (QED) is 0.843. The van der Waals surface area contributed by atoms with Crippen LogP contribution in [0.3, 0.4) is 0 Å². The Morgan fingerprint density at radius 1 is 1.16 bits per heavy atom. The van der Waals surface area contributed by atoms with Crippen molar-refractivity contribution in [3.63, 3.8) is 0 Å². The number of amides is 1. The molecule has 1 fully saturated rings. The first kappa shape index (κ1) is 17.3. The van der Waals surface area contributed by atoms with E-state index in [1.807, 2.05) is 0 Å². The molecule has 1 N–H and O–H groups in total. The molecular weight excluding hydrogens is 343 g/mol. The molecule has 0 spiro atoms. The van der Waals surface area contributed by atoms with Crippen LogP contribution in [0.5, 0.6) is 0 Å². The predicted octanol–water partition coefficient (Wildman–Crippen LogP) is 4.05. The normalized spacial score (nSPS) is 20.0. The Hall–Kier alpha value is -2.51. The highest BCUT2D eigenvalue weighted by molar-refractivity contribution is 5.95. The summed E-state index contributed by atoms with van der Waals surface area (Å²) < 4.78 is 65.7. The van der Waals surface area contributed by atoms with E-state index in [1.165, 1.54) is 12.1 Å². The van der Waals surface area contributed by atoms with Crippen LogP contribution in [0, 0.1) is 11.6 Å². The van der Waals surface area contributed by atoms with Gasteiger partial charge in [0.25, 0.3) is 5.91 Å². The molecule has 132 valence electrons. The summed E-state index contributed by atoms with van der Waals surface area (Å²) in [5.41, 5.74) is -1.61. The monoisotopic (exact) mass is 356 g/mol. The maximum Gasteiger partial charge on any atom is 0.434 e. The van der Waals surface area contributed by atoms with Gasteiger partial charge in [-0.25, -0.2) is 8.78 Å². The van der Waals surface area contributed by atoms with E-state index in [2.05, 4.69) is 10.3 Å². The molecule has 0 unspecified atom stereocenters. The second kappa shape index (κ2) is 6.42. The molecule has 1 aliphatic rings. The lowest BCUT2D eigenvalue weighted by Gasteiger charge is -2.37. The van der Waals surface area contributed by atoms with Crippen molar-refractivity contribution >= 4 is 5.91 Å². The minimum absolute atomic E-state index is 0.236. The van der Waals surface area contributed by atoms with Crippen LogP contribution in [0.2, 0.25) is 0 Å². The lowest BCUT2D eigenvalue weighted by Crippen LogP contribution is -2.46. The van der Waals surface area contributed by atoms with Crippen LogP contribution in [-0.2, 0) is 6.18 Å². The molecule has 8 heteroatoms. The fourth-order valence-corrected chi connectivity index (χ4v) is 2.91. The second-order valence-electron chi connectivity index (χ2n) is 5.83. The van der Waals surface area contributed by atoms with Gasteiger partial charge in [-0.1, -0.05) is 6.07 Å². The molecule has 1 heterocycles. The minimum atomic E-state index is -4.75. The van der Waals surface area contributed by atoms with Crippen LogP contribution in [0.4, 0.5) is 22.0 Å². The van der Waals surface area contributed by atoms with Crippen molar-refractivity contribution in [1.29, 1.82) is 0 Å². The van der Waals surface area contributed by atoms with Crippen molar-refractivity contribution < 1.29 is 26.7 Å². The zero-order valence-electron chi connectivity index (χ0n) is 12.8. The van der Waals surface area contributed by atoms with Gasteiger partial charge in [-0.15, -0.1) is 0 Å². The number of carbonyl (C=O) groups excluding carboxylic acids is 1. The molecule has 0 radical (unpaired) electrons. The van der Waals surface area contributed by atoms with Crippen LogP contribution in [0.1, 0.15) is 40.4 Å². The van der Waals surface area contributed by atoms with Crippen LogP contribution < -0.4 is 5.32 Å². The Labute approximate surface area is 139 Å². The summed E-state index contributed by atoms with van der Waals surface area (Å²) in [6.07, 6.45) is -2.75. The van der Waals surface area contributed by atoms with Crippen molar-refractivity contribution in [3.8, 4) is 0 Å². The van der Waals surface area contributed by atoms with Gasteiger partial charge in [0.15, 0.2) is 5.69 Å². The standard InChI is InChI=1S/C17H13F5N2O/c18-9-3-4-10(13(19)8-9)11-5-6-14(11)24-16(25)12-2-1-7-23-15(12)17(20,21)22/h1-4,7-8,11,14H,5-6H2,(H,24,25)/t11-,14-/m0/s1. The first-order valence-corrected chi connectivity index (χ1v) is 7.55. The van der Waals surface area contributed by atoms with Crippen LogP contribution >= 0.6 is 0 Å². The van der Waals surface area contributed by atoms with Gasteiger partial charge < -0.3 is 5.32 Å². The van der Waals surface area contributed by atoms with E-state index in [9.17, 15) is 26.7 Å². The van der Waals surface area contributed by atoms with Gasteiger partial charge in [0.1, 0.15) is 11.6 Å². The van der Waals surface area contributed by atoms with Gasteiger partial charge in [-0.3, -0.25) is 9.78 Å². The molecule has 3 rings (SSSR count). The van der Waals surface area contributed by atoms with E-state index in [4.69, 9.17) is 0 Å². The highest BCUT2D eigenvalue weighted by atomic mass is 19.4. The maximum absolute atomic E-state index is 13.9. The Kier molecular flexibility index (Phi) is 4.45. The predicted molar refractivity (Wildman–Crippen MR) is 78.8 cm³/mol. The highest BCUT2D eigenvalue weighted by Gasteiger charge is 2.39. The Morgan fingerprint density at radius 3 is 2.52 bits per heavy atom. The number of carbonyl (C=O) groups is 1. The summed E-state index contributed by atoms with van der Waals surface area (Å²) in [5, 5.41) is 2.50. The summed E-state index contributed by atoms with van der Waals surface area (Å²) in [4.78, 5) is 15.5. The third-order valence-corrected chi connectivity index (χ3v) is 4.27. The third-order valence-electron chi connectivity index (χ3n) is 4.27. The van der Waals surface area contributed by atoms with Gasteiger partial charge in [-0.05, 0) is 36.6 Å². The lowest BCUT2D eigenvalue weighted by molar-refractivity contribution is -0.141. The summed E-state index contributed by atoms with van der Waals surface area (Å²) in [6.45, 7) is 0. The van der Waals surface area contributed by atoms with E-state index in [1.54, 1.807) is 0 Å². The fourth-order valence-electron chi connectivity index (χ4n) is 2.91. The van der Waals surface area contributed by atoms with Crippen molar-refractivity contribution in [2.75, 3.05) is 0 Å². The molecule has 0 bridgehead atoms. The molecule has 3 nitrogen and oxygen atoms in total. The fraction of sp³-hybridized carbons (Fsp3) is 0.294. The molecule has 0 saturated heterocycles. The summed E-state index contributed by atoms with van der Waals surface area (Å²) >= 11 is 0. The molecule has 2 aromatic rings. The minimum Gasteiger partial charge on any atom is -0.349 e. The Bertz CT molecular complexity index is 806. The molecular formula is C17H13F5N2O. The highest BCUT2D eigenvalue weighted by Crippen LogP contribution is 2.39. The molecule has 2 atom stereocenters. The molecule has 1 saturated carbocycles. The van der Waals surface area contributed by atoms with Gasteiger partial charge in [0, 0.05) is 24.2 Å². The third kappa shape index (κ3) is 3.47. The van der Waals surface area contributed by atoms with Crippen molar-refractivity contribution in [2.24, 2.45) is 0 Å². The van der Waals surface area contributed by atoms with Crippen molar-refractivity contribution in [2.45, 2.75) is 31.0 Å². The first-order valence-electron chi connectivity index (χ1n) is 7.55. The number of benzene rings is 1. The van der Waals surface area contributed by atoms with Gasteiger partial charge >= 0.3 is 6.18 Å². The largest absolute Gasteiger partial charge is 0.434 e. The van der Waals surface area contributed by atoms with E-state index < -0.39 is 46.9 Å². The average molecular weight is 356 g/mol. The molecule has 1 aromatic carbocycles. The number of hydrogen-bond donors (Lipinski definition) is 1. The number of nitrogens with one attached hydrogen (secondary N) is 1. The Balaban J connectivity index is 1.78. The number of pyridine rings is 1. The number of alkyl halides is 3. The van der Waals surface area contributed by atoms with Crippen molar-refractivity contribution in [1.82, 2.24) is 10.3 Å². The van der Waals surface area contributed by atoms with Crippen LogP contribution in [0.25, 0.3) is 0 Å². The van der Waals surface area contributed by atoms with Crippen molar-refractivity contribution in [3.05, 3.63) is 65.0 Å². The number of nitrogens with zero attached hydrogens (tertiary/aromatic N) is 1. The lowest BCUT2D eigenvalue weighted by atomic mass is 9.74. The number of halogens is 5. The molecule has 1 aliphatic carbocycles. The number of hydrogen-bond acceptors (Lipinski definition) is 2. The number of aromatic nitrogens is 1. The van der Waals surface area contributed by atoms with Gasteiger partial charge in [0.05, 0.1) is 5.56 Å². The molecule has 25 heavy (non-hydrogen) atoms. The van der Waals surface area contributed by atoms with E-state index >= 15 is 0 Å². The summed E-state index contributed by atoms with van der Waals surface area (Å²) in [7, 11) is 0. The summed E-state index contributed by atoms with van der Waals surface area (Å²) in [6, 6.07) is 4.90. The zero-order valence-corrected chi connectivity index (χ0v) is 12.8. The first-order chi connectivity index (χ1) is 11.8. The van der Waals surface area contributed by atoms with Gasteiger partial charge in [0.2, 0.25) is 0 Å². The SMILES string of the molecule is O=C(N[C@H]1CC[C@H]1c1ccc(F)cc1F)c1cccnc1C(F)(F)F. The second-order valence-corrected chi connectivity index (χ2v) is 5.83. The summed E-state index contributed by atoms with van der Waals surface area (Å²) in [5.74, 6) is -2.78. The van der Waals surface area contributed by atoms with E-state index in [0.29, 0.717) is 12.8 Å². The maximum atomic E-state index is 13.9. The molecule has 0 aliphatic heterocycles. The van der Waals surface area contributed by atoms with E-state index in [0.717, 1.165) is 24.4 Å². The Morgan fingerprint density at radius 2 is 1.92 bits per heavy atom. The van der Waals surface area contributed by atoms with Gasteiger partial charge in [-0.2, -0.15) is 13.2 Å². The van der Waals surface area contributed by atoms with E-state index in [-0.39, 0.29) is 5.56 Å².